The van der Waals surface area contributed by atoms with Crippen LogP contribution in [0.4, 0.5) is 18.9 Å². The molecular weight excluding hydrogens is 447 g/mol. The summed E-state index contributed by atoms with van der Waals surface area (Å²) in [7, 11) is 3.62. The summed E-state index contributed by atoms with van der Waals surface area (Å²) >= 11 is 0. The van der Waals surface area contributed by atoms with Crippen LogP contribution in [-0.4, -0.2) is 70.2 Å². The molecule has 9 heteroatoms. The second kappa shape index (κ2) is 12.2. The number of rotatable bonds is 11. The van der Waals surface area contributed by atoms with E-state index in [1.165, 1.54) is 5.56 Å². The fourth-order valence-electron chi connectivity index (χ4n) is 4.08. The van der Waals surface area contributed by atoms with E-state index in [4.69, 9.17) is 9.47 Å². The molecule has 3 rings (SSSR count). The summed E-state index contributed by atoms with van der Waals surface area (Å²) in [5.41, 5.74) is 2.40. The van der Waals surface area contributed by atoms with Crippen LogP contribution in [0.3, 0.4) is 0 Å². The number of halogens is 3. The molecule has 2 aromatic rings. The minimum Gasteiger partial charge on any atom is -0.366 e. The Labute approximate surface area is 198 Å². The van der Waals surface area contributed by atoms with Crippen molar-refractivity contribution in [3.63, 3.8) is 0 Å². The predicted octanol–water partition coefficient (Wildman–Crippen LogP) is 4.24. The summed E-state index contributed by atoms with van der Waals surface area (Å²) in [6, 6.07) is 17.2. The zero-order valence-corrected chi connectivity index (χ0v) is 19.6. The quantitative estimate of drug-likeness (QED) is 0.489. The average molecular weight is 480 g/mol. The van der Waals surface area contributed by atoms with Gasteiger partial charge < -0.3 is 19.7 Å². The van der Waals surface area contributed by atoms with Crippen LogP contribution < -0.4 is 10.2 Å². The monoisotopic (exact) mass is 479 g/mol. The Morgan fingerprint density at radius 1 is 1.18 bits per heavy atom. The molecule has 34 heavy (non-hydrogen) atoms. The lowest BCUT2D eigenvalue weighted by molar-refractivity contribution is -0.133. The van der Waals surface area contributed by atoms with E-state index >= 15 is 0 Å². The van der Waals surface area contributed by atoms with Crippen molar-refractivity contribution >= 4 is 11.6 Å². The summed E-state index contributed by atoms with van der Waals surface area (Å²) < 4.78 is 47.7. The largest absolute Gasteiger partial charge is 0.390 e. The van der Waals surface area contributed by atoms with Gasteiger partial charge in [0, 0.05) is 51.6 Å². The first-order chi connectivity index (χ1) is 16.3. The fourth-order valence-corrected chi connectivity index (χ4v) is 4.08. The fraction of sp³-hybridized carbons (Fsp3) is 0.480. The Hall–Kier alpha value is -2.62. The van der Waals surface area contributed by atoms with Crippen molar-refractivity contribution < 1.29 is 27.4 Å². The minimum atomic E-state index is -4.29. The smallest absolute Gasteiger partial charge is 0.366 e. The Balaban J connectivity index is 1.66. The number of carbonyl (C=O) groups excluding carboxylic acids is 1. The summed E-state index contributed by atoms with van der Waals surface area (Å²) in [4.78, 5) is 16.7. The predicted molar refractivity (Wildman–Crippen MR) is 125 cm³/mol. The van der Waals surface area contributed by atoms with Crippen molar-refractivity contribution in [1.82, 2.24) is 10.2 Å². The Kier molecular flexibility index (Phi) is 9.32. The molecule has 1 aliphatic rings. The highest BCUT2D eigenvalue weighted by atomic mass is 19.4. The molecule has 0 spiro atoms. The highest BCUT2D eigenvalue weighted by Gasteiger charge is 2.28. The lowest BCUT2D eigenvalue weighted by Gasteiger charge is -2.33. The lowest BCUT2D eigenvalue weighted by Crippen LogP contribution is -2.36. The third-order valence-corrected chi connectivity index (χ3v) is 5.96. The SMILES string of the molecule is COCO[C@H]1CCN(C[C@H](c2ccccc2)N(C)c2ccc(C(=O)NCCC(F)(F)F)cc2)C1. The number of anilines is 1. The number of likely N-dealkylation sites (N-methyl/N-ethyl adjacent to an activating group) is 1. The van der Waals surface area contributed by atoms with Crippen molar-refractivity contribution in [2.75, 3.05) is 52.0 Å². The first-order valence-electron chi connectivity index (χ1n) is 11.3. The van der Waals surface area contributed by atoms with Crippen LogP contribution >= 0.6 is 0 Å². The van der Waals surface area contributed by atoms with Gasteiger partial charge in [-0.1, -0.05) is 30.3 Å². The Morgan fingerprint density at radius 3 is 2.53 bits per heavy atom. The van der Waals surface area contributed by atoms with Crippen molar-refractivity contribution in [3.05, 3.63) is 65.7 Å². The normalized spacial score (nSPS) is 17.5. The van der Waals surface area contributed by atoms with E-state index in [9.17, 15) is 18.0 Å². The number of hydrogen-bond acceptors (Lipinski definition) is 5. The third kappa shape index (κ3) is 7.72. The van der Waals surface area contributed by atoms with E-state index in [1.54, 1.807) is 19.2 Å². The molecule has 0 unspecified atom stereocenters. The number of nitrogens with one attached hydrogen (secondary N) is 1. The first kappa shape index (κ1) is 26.0. The minimum absolute atomic E-state index is 0.0637. The van der Waals surface area contributed by atoms with Gasteiger partial charge in [-0.3, -0.25) is 9.69 Å². The van der Waals surface area contributed by atoms with Gasteiger partial charge in [-0.05, 0) is 36.2 Å². The molecule has 0 aromatic heterocycles. The topological polar surface area (TPSA) is 54.0 Å². The number of carbonyl (C=O) groups is 1. The summed E-state index contributed by atoms with van der Waals surface area (Å²) in [5.74, 6) is -0.516. The van der Waals surface area contributed by atoms with Gasteiger partial charge in [0.05, 0.1) is 18.6 Å². The van der Waals surface area contributed by atoms with Gasteiger partial charge in [-0.15, -0.1) is 0 Å². The molecule has 1 saturated heterocycles. The molecule has 0 saturated carbocycles. The molecule has 2 atom stereocenters. The van der Waals surface area contributed by atoms with Crippen molar-refractivity contribution in [1.29, 1.82) is 0 Å². The Bertz CT molecular complexity index is 894. The van der Waals surface area contributed by atoms with E-state index in [0.717, 1.165) is 31.7 Å². The third-order valence-electron chi connectivity index (χ3n) is 5.96. The van der Waals surface area contributed by atoms with Gasteiger partial charge in [0.15, 0.2) is 0 Å². The van der Waals surface area contributed by atoms with Crippen LogP contribution in [0, 0.1) is 0 Å². The first-order valence-corrected chi connectivity index (χ1v) is 11.3. The second-order valence-corrected chi connectivity index (χ2v) is 8.45. The summed E-state index contributed by atoms with van der Waals surface area (Å²) in [6.45, 7) is 2.41. The van der Waals surface area contributed by atoms with E-state index in [0.29, 0.717) is 5.56 Å². The molecule has 0 bridgehead atoms. The molecule has 1 amide bonds. The number of hydrogen-bond donors (Lipinski definition) is 1. The van der Waals surface area contributed by atoms with Crippen LogP contribution in [0.25, 0.3) is 0 Å². The molecule has 0 radical (unpaired) electrons. The van der Waals surface area contributed by atoms with Crippen molar-refractivity contribution in [2.24, 2.45) is 0 Å². The maximum atomic E-state index is 12.3. The molecule has 1 N–H and O–H groups in total. The van der Waals surface area contributed by atoms with Crippen LogP contribution in [0.5, 0.6) is 0 Å². The van der Waals surface area contributed by atoms with Crippen LogP contribution in [0.1, 0.15) is 34.8 Å². The van der Waals surface area contributed by atoms with E-state index in [1.807, 2.05) is 37.4 Å². The van der Waals surface area contributed by atoms with Crippen LogP contribution in [0.15, 0.2) is 54.6 Å². The highest BCUT2D eigenvalue weighted by Crippen LogP contribution is 2.28. The molecular formula is C25H32F3N3O3. The average Bonchev–Trinajstić information content (AvgIpc) is 3.28. The number of alkyl halides is 3. The van der Waals surface area contributed by atoms with Gasteiger partial charge in [0.1, 0.15) is 6.79 Å². The summed E-state index contributed by atoms with van der Waals surface area (Å²) in [5, 5.41) is 2.32. The number of ether oxygens (including phenoxy) is 2. The number of methoxy groups -OCH3 is 1. The molecule has 2 aromatic carbocycles. The molecule has 186 valence electrons. The Morgan fingerprint density at radius 2 is 1.88 bits per heavy atom. The van der Waals surface area contributed by atoms with Crippen LogP contribution in [0.2, 0.25) is 0 Å². The standard InChI is InChI=1S/C25H32F3N3O3/c1-30(21-10-8-20(9-11-21)24(32)29-14-13-25(26,27)28)23(19-6-4-3-5-7-19)17-31-15-12-22(16-31)34-18-33-2/h3-11,22-23H,12-18H2,1-2H3,(H,29,32)/t22-,23+/m0/s1. The molecule has 1 aliphatic heterocycles. The summed E-state index contributed by atoms with van der Waals surface area (Å²) in [6.07, 6.45) is -4.24. The number of benzene rings is 2. The maximum absolute atomic E-state index is 12.3. The zero-order valence-electron chi connectivity index (χ0n) is 19.6. The number of nitrogens with zero attached hydrogens (tertiary/aromatic N) is 2. The van der Waals surface area contributed by atoms with E-state index in [-0.39, 0.29) is 18.9 Å². The second-order valence-electron chi connectivity index (χ2n) is 8.45. The molecule has 6 nitrogen and oxygen atoms in total. The van der Waals surface area contributed by atoms with Crippen molar-refractivity contribution in [2.45, 2.75) is 31.2 Å². The molecule has 1 fully saturated rings. The maximum Gasteiger partial charge on any atom is 0.390 e. The lowest BCUT2D eigenvalue weighted by atomic mass is 10.0. The highest BCUT2D eigenvalue weighted by molar-refractivity contribution is 5.94. The number of likely N-dealkylation sites (tertiary alicyclic amines) is 1. The number of amides is 1. The van der Waals surface area contributed by atoms with Gasteiger partial charge in [0.25, 0.3) is 5.91 Å². The zero-order chi connectivity index (χ0) is 24.6. The van der Waals surface area contributed by atoms with Gasteiger partial charge in [0.2, 0.25) is 0 Å². The van der Waals surface area contributed by atoms with Gasteiger partial charge >= 0.3 is 6.18 Å². The van der Waals surface area contributed by atoms with Crippen molar-refractivity contribution in [3.8, 4) is 0 Å². The van der Waals surface area contributed by atoms with E-state index < -0.39 is 25.0 Å². The van der Waals surface area contributed by atoms with Crippen LogP contribution in [-0.2, 0) is 9.47 Å². The molecule has 0 aliphatic carbocycles. The van der Waals surface area contributed by atoms with E-state index in [2.05, 4.69) is 27.2 Å². The van der Waals surface area contributed by atoms with Gasteiger partial charge in [-0.25, -0.2) is 0 Å². The molecule has 1 heterocycles. The van der Waals surface area contributed by atoms with Gasteiger partial charge in [-0.2, -0.15) is 13.2 Å².